The van der Waals surface area contributed by atoms with Crippen LogP contribution in [0.15, 0.2) is 53.8 Å². The van der Waals surface area contributed by atoms with E-state index in [1.54, 1.807) is 18.3 Å². The van der Waals surface area contributed by atoms with Gasteiger partial charge < -0.3 is 4.84 Å². The van der Waals surface area contributed by atoms with Gasteiger partial charge in [0.1, 0.15) is 6.61 Å². The van der Waals surface area contributed by atoms with Crippen molar-refractivity contribution >= 4 is 6.21 Å². The summed E-state index contributed by atoms with van der Waals surface area (Å²) >= 11 is 0. The summed E-state index contributed by atoms with van der Waals surface area (Å²) in [5.41, 5.74) is 2.20. The molecule has 18 heavy (non-hydrogen) atoms. The van der Waals surface area contributed by atoms with Gasteiger partial charge in [-0.2, -0.15) is 5.26 Å². The third-order valence-electron chi connectivity index (χ3n) is 2.24. The maximum atomic E-state index is 8.73. The van der Waals surface area contributed by atoms with E-state index in [9.17, 15) is 0 Å². The largest absolute Gasteiger partial charge is 0.391 e. The van der Waals surface area contributed by atoms with Gasteiger partial charge in [-0.3, -0.25) is 4.98 Å². The summed E-state index contributed by atoms with van der Waals surface area (Å²) in [5, 5.41) is 12.5. The predicted molar refractivity (Wildman–Crippen MR) is 67.8 cm³/mol. The van der Waals surface area contributed by atoms with Crippen molar-refractivity contribution in [3.8, 4) is 6.07 Å². The summed E-state index contributed by atoms with van der Waals surface area (Å²) in [6, 6.07) is 15.1. The van der Waals surface area contributed by atoms with Gasteiger partial charge in [0.2, 0.25) is 0 Å². The molecular formula is C14H11N3O. The molecule has 0 atom stereocenters. The van der Waals surface area contributed by atoms with Crippen LogP contribution in [0, 0.1) is 11.3 Å². The average Bonchev–Trinajstić information content (AvgIpc) is 2.45. The first-order valence-corrected chi connectivity index (χ1v) is 5.44. The van der Waals surface area contributed by atoms with Gasteiger partial charge in [-0.05, 0) is 17.7 Å². The molecule has 0 amide bonds. The molecule has 0 unspecified atom stereocenters. The fourth-order valence-electron chi connectivity index (χ4n) is 1.37. The van der Waals surface area contributed by atoms with Crippen molar-refractivity contribution < 1.29 is 4.84 Å². The number of hydrogen-bond donors (Lipinski definition) is 0. The minimum absolute atomic E-state index is 0.412. The molecule has 0 aliphatic carbocycles. The van der Waals surface area contributed by atoms with E-state index in [4.69, 9.17) is 10.1 Å². The molecule has 0 aliphatic heterocycles. The molecule has 1 aromatic heterocycles. The summed E-state index contributed by atoms with van der Waals surface area (Å²) in [6.07, 6.45) is 3.06. The monoisotopic (exact) mass is 237 g/mol. The van der Waals surface area contributed by atoms with E-state index in [-0.39, 0.29) is 0 Å². The molecule has 2 rings (SSSR count). The summed E-state index contributed by atoms with van der Waals surface area (Å²) < 4.78 is 0. The highest BCUT2D eigenvalue weighted by Crippen LogP contribution is 2.01. The van der Waals surface area contributed by atoms with Crippen LogP contribution in [0.25, 0.3) is 0 Å². The lowest BCUT2D eigenvalue weighted by Crippen LogP contribution is -1.90. The molecule has 0 N–H and O–H groups in total. The molecule has 2 aromatic rings. The molecule has 0 saturated heterocycles. The molecule has 0 saturated carbocycles. The number of aromatic nitrogens is 1. The second-order valence-corrected chi connectivity index (χ2v) is 3.57. The number of nitrogens with zero attached hydrogens (tertiary/aromatic N) is 3. The standard InChI is InChI=1S/C14H11N3O/c15-9-13-6-7-16-14(8-13)10-17-18-11-12-4-2-1-3-5-12/h1-8,10H,11H2. The number of rotatable bonds is 4. The number of benzene rings is 1. The molecule has 0 bridgehead atoms. The van der Waals surface area contributed by atoms with Crippen LogP contribution in [0.3, 0.4) is 0 Å². The predicted octanol–water partition coefficient (Wildman–Crippen LogP) is 2.50. The Morgan fingerprint density at radius 1 is 1.28 bits per heavy atom. The summed E-state index contributed by atoms with van der Waals surface area (Å²) in [5.74, 6) is 0. The third-order valence-corrected chi connectivity index (χ3v) is 2.24. The lowest BCUT2D eigenvalue weighted by molar-refractivity contribution is 0.132. The molecule has 0 aliphatic rings. The minimum Gasteiger partial charge on any atom is -0.391 e. The van der Waals surface area contributed by atoms with Crippen molar-refractivity contribution in [2.45, 2.75) is 6.61 Å². The third kappa shape index (κ3) is 3.42. The SMILES string of the molecule is N#Cc1ccnc(C=NOCc2ccccc2)c1. The van der Waals surface area contributed by atoms with E-state index >= 15 is 0 Å². The number of pyridine rings is 1. The molecule has 0 spiro atoms. The van der Waals surface area contributed by atoms with Crippen LogP contribution < -0.4 is 0 Å². The Bertz CT molecular complexity index is 573. The molecule has 1 aromatic carbocycles. The quantitative estimate of drug-likeness (QED) is 0.606. The number of hydrogen-bond acceptors (Lipinski definition) is 4. The maximum absolute atomic E-state index is 8.73. The van der Waals surface area contributed by atoms with Crippen LogP contribution in [0.5, 0.6) is 0 Å². The lowest BCUT2D eigenvalue weighted by atomic mass is 10.2. The summed E-state index contributed by atoms with van der Waals surface area (Å²) in [6.45, 7) is 0.412. The molecule has 0 fully saturated rings. The second-order valence-electron chi connectivity index (χ2n) is 3.57. The summed E-state index contributed by atoms with van der Waals surface area (Å²) in [7, 11) is 0. The molecule has 1 heterocycles. The van der Waals surface area contributed by atoms with Crippen molar-refractivity contribution in [1.29, 1.82) is 5.26 Å². The zero-order valence-corrected chi connectivity index (χ0v) is 9.65. The Hall–Kier alpha value is -2.67. The van der Waals surface area contributed by atoms with Crippen molar-refractivity contribution in [3.63, 3.8) is 0 Å². The highest BCUT2D eigenvalue weighted by atomic mass is 16.6. The van der Waals surface area contributed by atoms with Crippen LogP contribution >= 0.6 is 0 Å². The van der Waals surface area contributed by atoms with Gasteiger partial charge in [-0.1, -0.05) is 35.5 Å². The van der Waals surface area contributed by atoms with Crippen LogP contribution in [0.2, 0.25) is 0 Å². The van der Waals surface area contributed by atoms with Crippen LogP contribution in [0.4, 0.5) is 0 Å². The first kappa shape index (κ1) is 11.8. The zero-order chi connectivity index (χ0) is 12.6. The Morgan fingerprint density at radius 2 is 2.11 bits per heavy atom. The van der Waals surface area contributed by atoms with E-state index in [2.05, 4.69) is 10.1 Å². The van der Waals surface area contributed by atoms with E-state index in [0.29, 0.717) is 17.9 Å². The van der Waals surface area contributed by atoms with E-state index in [0.717, 1.165) is 5.56 Å². The van der Waals surface area contributed by atoms with Gasteiger partial charge in [0.15, 0.2) is 0 Å². The second kappa shape index (κ2) is 6.16. The fraction of sp³-hybridized carbons (Fsp3) is 0.0714. The number of nitriles is 1. The van der Waals surface area contributed by atoms with Crippen LogP contribution in [0.1, 0.15) is 16.8 Å². The van der Waals surface area contributed by atoms with Crippen LogP contribution in [-0.2, 0) is 11.4 Å². The highest BCUT2D eigenvalue weighted by Gasteiger charge is 1.93. The van der Waals surface area contributed by atoms with Gasteiger partial charge in [0.25, 0.3) is 0 Å². The molecule has 0 radical (unpaired) electrons. The minimum atomic E-state index is 0.412. The average molecular weight is 237 g/mol. The van der Waals surface area contributed by atoms with Crippen molar-refractivity contribution in [1.82, 2.24) is 4.98 Å². The van der Waals surface area contributed by atoms with Crippen molar-refractivity contribution in [2.75, 3.05) is 0 Å². The van der Waals surface area contributed by atoms with Gasteiger partial charge in [-0.15, -0.1) is 0 Å². The van der Waals surface area contributed by atoms with Gasteiger partial charge in [-0.25, -0.2) is 0 Å². The van der Waals surface area contributed by atoms with Crippen molar-refractivity contribution in [2.24, 2.45) is 5.16 Å². The Labute approximate surface area is 105 Å². The molecule has 88 valence electrons. The Morgan fingerprint density at radius 3 is 2.89 bits per heavy atom. The highest BCUT2D eigenvalue weighted by molar-refractivity contribution is 5.76. The zero-order valence-electron chi connectivity index (χ0n) is 9.65. The Balaban J connectivity index is 1.90. The Kier molecular flexibility index (Phi) is 4.04. The van der Waals surface area contributed by atoms with Gasteiger partial charge >= 0.3 is 0 Å². The topological polar surface area (TPSA) is 58.3 Å². The fourth-order valence-corrected chi connectivity index (χ4v) is 1.37. The summed E-state index contributed by atoms with van der Waals surface area (Å²) in [4.78, 5) is 9.20. The van der Waals surface area contributed by atoms with E-state index < -0.39 is 0 Å². The lowest BCUT2D eigenvalue weighted by Gasteiger charge is -1.98. The first-order chi connectivity index (χ1) is 8.88. The smallest absolute Gasteiger partial charge is 0.142 e. The van der Waals surface area contributed by atoms with Crippen LogP contribution in [-0.4, -0.2) is 11.2 Å². The molecular weight excluding hydrogens is 226 g/mol. The van der Waals surface area contributed by atoms with E-state index in [1.807, 2.05) is 36.4 Å². The molecule has 4 nitrogen and oxygen atoms in total. The molecule has 4 heteroatoms. The van der Waals surface area contributed by atoms with Crippen molar-refractivity contribution in [3.05, 3.63) is 65.5 Å². The van der Waals surface area contributed by atoms with Gasteiger partial charge in [0, 0.05) is 6.20 Å². The van der Waals surface area contributed by atoms with Gasteiger partial charge in [0.05, 0.1) is 23.5 Å². The normalized spacial score (nSPS) is 10.2. The van der Waals surface area contributed by atoms with E-state index in [1.165, 1.54) is 6.21 Å². The maximum Gasteiger partial charge on any atom is 0.142 e. The first-order valence-electron chi connectivity index (χ1n) is 5.44. The number of oxime groups is 1.